The lowest BCUT2D eigenvalue weighted by Gasteiger charge is -2.13. The molecule has 1 unspecified atom stereocenters. The molecule has 1 aromatic carbocycles. The molecule has 0 spiro atoms. The van der Waals surface area contributed by atoms with Crippen LogP contribution in [0.15, 0.2) is 12.1 Å². The van der Waals surface area contributed by atoms with Crippen LogP contribution in [-0.4, -0.2) is 19.3 Å². The minimum Gasteiger partial charge on any atom is -0.504 e. The third kappa shape index (κ3) is 1.90. The van der Waals surface area contributed by atoms with Gasteiger partial charge in [0.2, 0.25) is 0 Å². The van der Waals surface area contributed by atoms with Gasteiger partial charge in [-0.2, -0.15) is 0 Å². The first-order valence-electron chi connectivity index (χ1n) is 4.30. The van der Waals surface area contributed by atoms with Crippen LogP contribution in [0.5, 0.6) is 17.2 Å². The van der Waals surface area contributed by atoms with Crippen molar-refractivity contribution < 1.29 is 14.6 Å². The zero-order valence-corrected chi connectivity index (χ0v) is 8.57. The van der Waals surface area contributed by atoms with E-state index in [0.717, 1.165) is 0 Å². The van der Waals surface area contributed by atoms with Gasteiger partial charge in [0.15, 0.2) is 11.5 Å². The van der Waals surface area contributed by atoms with Crippen LogP contribution in [0.3, 0.4) is 0 Å². The summed E-state index contributed by atoms with van der Waals surface area (Å²) in [7, 11) is 3.04. The van der Waals surface area contributed by atoms with Gasteiger partial charge in [0.1, 0.15) is 5.75 Å². The number of phenols is 1. The van der Waals surface area contributed by atoms with E-state index in [4.69, 9.17) is 15.2 Å². The molecule has 1 atom stereocenters. The van der Waals surface area contributed by atoms with Crippen molar-refractivity contribution >= 4 is 0 Å². The van der Waals surface area contributed by atoms with Gasteiger partial charge in [-0.1, -0.05) is 0 Å². The second-order valence-electron chi connectivity index (χ2n) is 3.06. The fourth-order valence-corrected chi connectivity index (χ4v) is 1.22. The van der Waals surface area contributed by atoms with E-state index in [9.17, 15) is 5.11 Å². The summed E-state index contributed by atoms with van der Waals surface area (Å²) in [6.45, 7) is 1.79. The van der Waals surface area contributed by atoms with Crippen molar-refractivity contribution in [1.29, 1.82) is 0 Å². The lowest BCUT2D eigenvalue weighted by molar-refractivity contribution is 0.359. The molecule has 0 bridgehead atoms. The van der Waals surface area contributed by atoms with Crippen molar-refractivity contribution in [2.24, 2.45) is 5.73 Å². The molecule has 4 heteroatoms. The lowest BCUT2D eigenvalue weighted by atomic mass is 10.1. The maximum Gasteiger partial charge on any atom is 0.164 e. The summed E-state index contributed by atoms with van der Waals surface area (Å²) in [5.41, 5.74) is 6.30. The van der Waals surface area contributed by atoms with E-state index < -0.39 is 0 Å². The molecule has 0 saturated carbocycles. The summed E-state index contributed by atoms with van der Waals surface area (Å²) < 4.78 is 10.0. The zero-order chi connectivity index (χ0) is 10.7. The molecular formula is C10H15NO3. The second kappa shape index (κ2) is 4.19. The topological polar surface area (TPSA) is 64.7 Å². The molecule has 0 fully saturated rings. The van der Waals surface area contributed by atoms with E-state index in [1.807, 2.05) is 0 Å². The summed E-state index contributed by atoms with van der Waals surface area (Å²) in [5, 5.41) is 9.72. The Morgan fingerprint density at radius 2 is 1.93 bits per heavy atom. The Labute approximate surface area is 83.3 Å². The van der Waals surface area contributed by atoms with E-state index >= 15 is 0 Å². The Morgan fingerprint density at radius 1 is 1.29 bits per heavy atom. The summed E-state index contributed by atoms with van der Waals surface area (Å²) in [6, 6.07) is 3.04. The molecule has 4 nitrogen and oxygen atoms in total. The van der Waals surface area contributed by atoms with Crippen LogP contribution in [0, 0.1) is 0 Å². The molecule has 0 amide bonds. The van der Waals surface area contributed by atoms with E-state index in [1.54, 1.807) is 26.2 Å². The van der Waals surface area contributed by atoms with Gasteiger partial charge in [-0.3, -0.25) is 0 Å². The fourth-order valence-electron chi connectivity index (χ4n) is 1.22. The molecule has 0 aliphatic carbocycles. The lowest BCUT2D eigenvalue weighted by Crippen LogP contribution is -2.06. The number of benzene rings is 1. The number of hydrogen-bond donors (Lipinski definition) is 2. The zero-order valence-electron chi connectivity index (χ0n) is 8.57. The third-order valence-corrected chi connectivity index (χ3v) is 2.02. The molecule has 0 aliphatic heterocycles. The molecule has 0 radical (unpaired) electrons. The highest BCUT2D eigenvalue weighted by Gasteiger charge is 2.13. The van der Waals surface area contributed by atoms with E-state index in [0.29, 0.717) is 17.1 Å². The Morgan fingerprint density at radius 3 is 2.36 bits per heavy atom. The van der Waals surface area contributed by atoms with Gasteiger partial charge in [-0.25, -0.2) is 0 Å². The molecule has 1 rings (SSSR count). The SMILES string of the molecule is COc1cc(OC)c(O)c(C(C)N)c1. The van der Waals surface area contributed by atoms with Gasteiger partial charge >= 0.3 is 0 Å². The molecule has 1 aromatic rings. The number of ether oxygens (including phenoxy) is 2. The van der Waals surface area contributed by atoms with E-state index in [1.165, 1.54) is 7.11 Å². The van der Waals surface area contributed by atoms with Gasteiger partial charge in [-0.05, 0) is 13.0 Å². The smallest absolute Gasteiger partial charge is 0.164 e. The minimum absolute atomic E-state index is 0.0725. The van der Waals surface area contributed by atoms with Crippen molar-refractivity contribution in [2.45, 2.75) is 13.0 Å². The number of nitrogens with two attached hydrogens (primary N) is 1. The standard InChI is InChI=1S/C10H15NO3/c1-6(11)8-4-7(13-2)5-9(14-3)10(8)12/h4-6,12H,11H2,1-3H3. The van der Waals surface area contributed by atoms with Crippen molar-refractivity contribution in [1.82, 2.24) is 0 Å². The fraction of sp³-hybridized carbons (Fsp3) is 0.400. The first kappa shape index (κ1) is 10.7. The van der Waals surface area contributed by atoms with E-state index in [-0.39, 0.29) is 11.8 Å². The van der Waals surface area contributed by atoms with Crippen LogP contribution in [0.1, 0.15) is 18.5 Å². The molecule has 78 valence electrons. The molecule has 0 aliphatic rings. The summed E-state index contributed by atoms with van der Waals surface area (Å²) >= 11 is 0. The normalized spacial score (nSPS) is 12.3. The van der Waals surface area contributed by atoms with Crippen molar-refractivity contribution in [3.8, 4) is 17.2 Å². The predicted molar refractivity (Wildman–Crippen MR) is 53.8 cm³/mol. The molecule has 0 aromatic heterocycles. The first-order chi connectivity index (χ1) is 6.60. The van der Waals surface area contributed by atoms with Gasteiger partial charge in [0.05, 0.1) is 14.2 Å². The van der Waals surface area contributed by atoms with Gasteiger partial charge < -0.3 is 20.3 Å². The highest BCUT2D eigenvalue weighted by molar-refractivity contribution is 5.51. The highest BCUT2D eigenvalue weighted by Crippen LogP contribution is 2.36. The maximum absolute atomic E-state index is 9.72. The Bertz CT molecular complexity index is 323. The Balaban J connectivity index is 3.27. The predicted octanol–water partition coefficient (Wildman–Crippen LogP) is 1.43. The van der Waals surface area contributed by atoms with Crippen LogP contribution in [0.25, 0.3) is 0 Å². The monoisotopic (exact) mass is 197 g/mol. The summed E-state index contributed by atoms with van der Waals surface area (Å²) in [4.78, 5) is 0. The van der Waals surface area contributed by atoms with Crippen LogP contribution < -0.4 is 15.2 Å². The number of rotatable bonds is 3. The second-order valence-corrected chi connectivity index (χ2v) is 3.06. The van der Waals surface area contributed by atoms with Gasteiger partial charge in [0, 0.05) is 17.7 Å². The van der Waals surface area contributed by atoms with Gasteiger partial charge in [-0.15, -0.1) is 0 Å². The van der Waals surface area contributed by atoms with Crippen molar-refractivity contribution in [2.75, 3.05) is 14.2 Å². The van der Waals surface area contributed by atoms with Crippen LogP contribution in [-0.2, 0) is 0 Å². The maximum atomic E-state index is 9.72. The average molecular weight is 197 g/mol. The quantitative estimate of drug-likeness (QED) is 0.769. The molecular weight excluding hydrogens is 182 g/mol. The van der Waals surface area contributed by atoms with Crippen LogP contribution in [0.4, 0.5) is 0 Å². The number of phenolic OH excluding ortho intramolecular Hbond substituents is 1. The molecule has 14 heavy (non-hydrogen) atoms. The number of hydrogen-bond acceptors (Lipinski definition) is 4. The van der Waals surface area contributed by atoms with Gasteiger partial charge in [0.25, 0.3) is 0 Å². The minimum atomic E-state index is -0.265. The Hall–Kier alpha value is -1.42. The molecule has 0 heterocycles. The highest BCUT2D eigenvalue weighted by atomic mass is 16.5. The number of aromatic hydroxyl groups is 1. The van der Waals surface area contributed by atoms with Crippen LogP contribution >= 0.6 is 0 Å². The van der Waals surface area contributed by atoms with E-state index in [2.05, 4.69) is 0 Å². The third-order valence-electron chi connectivity index (χ3n) is 2.02. The molecule has 0 saturated heterocycles. The van der Waals surface area contributed by atoms with Crippen molar-refractivity contribution in [3.05, 3.63) is 17.7 Å². The number of methoxy groups -OCH3 is 2. The largest absolute Gasteiger partial charge is 0.504 e. The average Bonchev–Trinajstić information content (AvgIpc) is 2.17. The first-order valence-corrected chi connectivity index (χ1v) is 4.30. The summed E-state index contributed by atoms with van der Waals surface area (Å²) in [5.74, 6) is 1.06. The molecule has 3 N–H and O–H groups in total. The summed E-state index contributed by atoms with van der Waals surface area (Å²) in [6.07, 6.45) is 0. The Kier molecular flexibility index (Phi) is 3.19. The van der Waals surface area contributed by atoms with Crippen LogP contribution in [0.2, 0.25) is 0 Å². The van der Waals surface area contributed by atoms with Crippen molar-refractivity contribution in [3.63, 3.8) is 0 Å².